The van der Waals surface area contributed by atoms with Crippen LogP contribution >= 0.6 is 0 Å². The highest BCUT2D eigenvalue weighted by molar-refractivity contribution is 7.92. The lowest BCUT2D eigenvalue weighted by molar-refractivity contribution is 0.0940. The first-order valence-corrected chi connectivity index (χ1v) is 12.0. The molecular formula is C26H30N2O3S. The Morgan fingerprint density at radius 3 is 2.06 bits per heavy atom. The Morgan fingerprint density at radius 1 is 0.781 bits per heavy atom. The van der Waals surface area contributed by atoms with Crippen LogP contribution in [0.1, 0.15) is 56.7 Å². The zero-order valence-electron chi connectivity index (χ0n) is 19.4. The number of nitrogens with one attached hydrogen (secondary N) is 2. The number of carbonyl (C=O) groups excluding carboxylic acids is 1. The van der Waals surface area contributed by atoms with E-state index in [4.69, 9.17) is 0 Å². The van der Waals surface area contributed by atoms with E-state index in [9.17, 15) is 13.2 Å². The minimum atomic E-state index is -3.76. The summed E-state index contributed by atoms with van der Waals surface area (Å²) in [5.74, 6) is -0.258. The normalized spacial score (nSPS) is 12.3. The molecule has 0 fully saturated rings. The lowest BCUT2D eigenvalue weighted by Crippen LogP contribution is -2.27. The molecule has 3 aromatic rings. The largest absolute Gasteiger partial charge is 0.346 e. The molecule has 0 saturated heterocycles. The van der Waals surface area contributed by atoms with Gasteiger partial charge in [-0.2, -0.15) is 0 Å². The third kappa shape index (κ3) is 5.19. The molecule has 0 aliphatic rings. The van der Waals surface area contributed by atoms with Crippen molar-refractivity contribution in [2.45, 2.75) is 52.5 Å². The summed E-state index contributed by atoms with van der Waals surface area (Å²) in [6.07, 6.45) is 0. The van der Waals surface area contributed by atoms with Gasteiger partial charge in [-0.15, -0.1) is 0 Å². The van der Waals surface area contributed by atoms with E-state index in [-0.39, 0.29) is 16.8 Å². The van der Waals surface area contributed by atoms with Crippen molar-refractivity contribution < 1.29 is 13.2 Å². The maximum Gasteiger partial charge on any atom is 0.261 e. The van der Waals surface area contributed by atoms with Gasteiger partial charge >= 0.3 is 0 Å². The van der Waals surface area contributed by atoms with E-state index in [0.29, 0.717) is 11.3 Å². The van der Waals surface area contributed by atoms with Crippen molar-refractivity contribution in [3.05, 3.63) is 93.5 Å². The Hall–Kier alpha value is -3.12. The van der Waals surface area contributed by atoms with Gasteiger partial charge in [0.05, 0.1) is 16.6 Å². The van der Waals surface area contributed by atoms with Gasteiger partial charge in [-0.25, -0.2) is 8.42 Å². The smallest absolute Gasteiger partial charge is 0.261 e. The van der Waals surface area contributed by atoms with E-state index >= 15 is 0 Å². The molecule has 0 aliphatic carbocycles. The standard InChI is InChI=1S/C26H30N2O3S/c1-16-7-11-23(12-8-16)32(30,31)28-25-15-22(10-9-17(25)2)26(29)27-21(6)24-14-19(4)18(3)13-20(24)5/h7-15,21,28H,1-6H3,(H,27,29). The second kappa shape index (κ2) is 9.17. The Morgan fingerprint density at radius 2 is 1.41 bits per heavy atom. The van der Waals surface area contributed by atoms with Crippen LogP contribution in [0.4, 0.5) is 5.69 Å². The molecular weight excluding hydrogens is 420 g/mol. The Balaban J connectivity index is 1.82. The molecule has 1 unspecified atom stereocenters. The van der Waals surface area contributed by atoms with E-state index in [1.54, 1.807) is 49.4 Å². The molecule has 0 saturated carbocycles. The average Bonchev–Trinajstić information content (AvgIpc) is 2.72. The summed E-state index contributed by atoms with van der Waals surface area (Å²) in [5, 5.41) is 3.03. The SMILES string of the molecule is Cc1ccc(S(=O)(=O)Nc2cc(C(=O)NC(C)c3cc(C)c(C)cc3C)ccc2C)cc1. The van der Waals surface area contributed by atoms with Crippen molar-refractivity contribution in [2.75, 3.05) is 4.72 Å². The fraction of sp³-hybridized carbons (Fsp3) is 0.269. The maximum absolute atomic E-state index is 12.9. The Kier molecular flexibility index (Phi) is 6.74. The van der Waals surface area contributed by atoms with Gasteiger partial charge in [0.25, 0.3) is 15.9 Å². The quantitative estimate of drug-likeness (QED) is 0.519. The van der Waals surface area contributed by atoms with Crippen molar-refractivity contribution in [2.24, 2.45) is 0 Å². The molecule has 0 bridgehead atoms. The fourth-order valence-corrected chi connectivity index (χ4v) is 4.72. The summed E-state index contributed by atoms with van der Waals surface area (Å²) >= 11 is 0. The highest BCUT2D eigenvalue weighted by atomic mass is 32.2. The number of rotatable bonds is 6. The predicted molar refractivity (Wildman–Crippen MR) is 130 cm³/mol. The average molecular weight is 451 g/mol. The lowest BCUT2D eigenvalue weighted by Gasteiger charge is -2.19. The molecule has 168 valence electrons. The number of aryl methyl sites for hydroxylation is 5. The van der Waals surface area contributed by atoms with Gasteiger partial charge in [0.1, 0.15) is 0 Å². The number of hydrogen-bond donors (Lipinski definition) is 2. The van der Waals surface area contributed by atoms with Crippen LogP contribution in [0, 0.1) is 34.6 Å². The van der Waals surface area contributed by atoms with Gasteiger partial charge in [-0.1, -0.05) is 35.9 Å². The monoisotopic (exact) mass is 450 g/mol. The first-order valence-electron chi connectivity index (χ1n) is 10.6. The Labute approximate surface area is 190 Å². The summed E-state index contributed by atoms with van der Waals surface area (Å²) < 4.78 is 28.2. The number of sulfonamides is 1. The second-order valence-electron chi connectivity index (χ2n) is 8.44. The van der Waals surface area contributed by atoms with E-state index in [1.807, 2.05) is 20.8 Å². The highest BCUT2D eigenvalue weighted by Crippen LogP contribution is 2.24. The van der Waals surface area contributed by atoms with Crippen LogP contribution in [0.5, 0.6) is 0 Å². The minimum Gasteiger partial charge on any atom is -0.346 e. The van der Waals surface area contributed by atoms with Crippen LogP contribution in [-0.4, -0.2) is 14.3 Å². The summed E-state index contributed by atoms with van der Waals surface area (Å²) in [6, 6.07) is 15.7. The summed E-state index contributed by atoms with van der Waals surface area (Å²) in [4.78, 5) is 13.1. The van der Waals surface area contributed by atoms with Crippen molar-refractivity contribution in [3.63, 3.8) is 0 Å². The molecule has 0 aromatic heterocycles. The van der Waals surface area contributed by atoms with Gasteiger partial charge in [0.15, 0.2) is 0 Å². The van der Waals surface area contributed by atoms with Crippen LogP contribution in [0.3, 0.4) is 0 Å². The number of anilines is 1. The maximum atomic E-state index is 12.9. The third-order valence-corrected chi connectivity index (χ3v) is 7.15. The number of carbonyl (C=O) groups is 1. The predicted octanol–water partition coefficient (Wildman–Crippen LogP) is 5.52. The van der Waals surface area contributed by atoms with Gasteiger partial charge in [-0.05, 0) is 93.6 Å². The lowest BCUT2D eigenvalue weighted by atomic mass is 9.96. The second-order valence-corrected chi connectivity index (χ2v) is 10.1. The number of hydrogen-bond acceptors (Lipinski definition) is 3. The molecule has 1 atom stereocenters. The number of benzene rings is 3. The summed E-state index contributed by atoms with van der Waals surface area (Å²) in [6.45, 7) is 11.8. The van der Waals surface area contributed by atoms with Crippen LogP contribution in [0.25, 0.3) is 0 Å². The molecule has 6 heteroatoms. The highest BCUT2D eigenvalue weighted by Gasteiger charge is 2.18. The van der Waals surface area contributed by atoms with E-state index in [2.05, 4.69) is 36.0 Å². The molecule has 0 heterocycles. The van der Waals surface area contributed by atoms with Gasteiger partial charge in [0, 0.05) is 5.56 Å². The topological polar surface area (TPSA) is 75.3 Å². The van der Waals surface area contributed by atoms with Crippen molar-refractivity contribution in [1.29, 1.82) is 0 Å². The van der Waals surface area contributed by atoms with E-state index in [1.165, 1.54) is 11.1 Å². The van der Waals surface area contributed by atoms with E-state index in [0.717, 1.165) is 22.3 Å². The van der Waals surface area contributed by atoms with Crippen LogP contribution in [-0.2, 0) is 10.0 Å². The molecule has 0 spiro atoms. The van der Waals surface area contributed by atoms with Crippen LogP contribution in [0.2, 0.25) is 0 Å². The van der Waals surface area contributed by atoms with Crippen molar-refractivity contribution >= 4 is 21.6 Å². The molecule has 5 nitrogen and oxygen atoms in total. The summed E-state index contributed by atoms with van der Waals surface area (Å²) in [7, 11) is -3.76. The molecule has 0 aliphatic heterocycles. The van der Waals surface area contributed by atoms with Crippen LogP contribution < -0.4 is 10.0 Å². The minimum absolute atomic E-state index is 0.177. The van der Waals surface area contributed by atoms with Gasteiger partial charge in [-0.3, -0.25) is 9.52 Å². The van der Waals surface area contributed by atoms with Gasteiger partial charge in [0.2, 0.25) is 0 Å². The molecule has 3 rings (SSSR count). The molecule has 3 aromatic carbocycles. The van der Waals surface area contributed by atoms with Gasteiger partial charge < -0.3 is 5.32 Å². The first-order chi connectivity index (χ1) is 15.0. The molecule has 0 radical (unpaired) electrons. The van der Waals surface area contributed by atoms with Crippen LogP contribution in [0.15, 0.2) is 59.5 Å². The molecule has 32 heavy (non-hydrogen) atoms. The van der Waals surface area contributed by atoms with Crippen molar-refractivity contribution in [3.8, 4) is 0 Å². The summed E-state index contributed by atoms with van der Waals surface area (Å²) in [5.41, 5.74) is 7.06. The Bertz CT molecular complexity index is 1260. The van der Waals surface area contributed by atoms with E-state index < -0.39 is 10.0 Å². The first kappa shape index (κ1) is 23.5. The zero-order valence-corrected chi connectivity index (χ0v) is 20.2. The fourth-order valence-electron chi connectivity index (χ4n) is 3.60. The van der Waals surface area contributed by atoms with Crippen molar-refractivity contribution in [1.82, 2.24) is 5.32 Å². The molecule has 1 amide bonds. The zero-order chi connectivity index (χ0) is 23.6. The molecule has 2 N–H and O–H groups in total. The number of amides is 1. The third-order valence-electron chi connectivity index (χ3n) is 5.77.